The minimum absolute atomic E-state index is 0.0350. The normalized spacial score (nSPS) is 22.7. The van der Waals surface area contributed by atoms with Gasteiger partial charge in [-0.05, 0) is 12.8 Å². The number of nitrogens with one attached hydrogen (secondary N) is 1. The number of aromatic nitrogens is 3. The molecule has 1 fully saturated rings. The van der Waals surface area contributed by atoms with Crippen LogP contribution < -0.4 is 5.32 Å². The highest BCUT2D eigenvalue weighted by Crippen LogP contribution is 2.33. The highest BCUT2D eigenvalue weighted by atomic mass is 19.4. The lowest BCUT2D eigenvalue weighted by atomic mass is 9.97. The van der Waals surface area contributed by atoms with Crippen molar-refractivity contribution >= 4 is 11.6 Å². The van der Waals surface area contributed by atoms with E-state index in [1.54, 1.807) is 29.2 Å². The molecule has 3 rings (SSSR count). The fraction of sp³-hybridized carbons (Fsp3) is 0.533. The SMILES string of the molecule is CC(=O)NC1CCC(C(F)(F)F)N(Cc2cnc3cnccn23)C1. The van der Waals surface area contributed by atoms with Gasteiger partial charge in [0.15, 0.2) is 5.65 Å². The Labute approximate surface area is 136 Å². The lowest BCUT2D eigenvalue weighted by Gasteiger charge is -2.40. The number of rotatable bonds is 3. The van der Waals surface area contributed by atoms with E-state index in [9.17, 15) is 18.0 Å². The smallest absolute Gasteiger partial charge is 0.352 e. The molecule has 2 aromatic heterocycles. The lowest BCUT2D eigenvalue weighted by Crippen LogP contribution is -2.55. The molecule has 2 aromatic rings. The highest BCUT2D eigenvalue weighted by molar-refractivity contribution is 5.73. The van der Waals surface area contributed by atoms with Gasteiger partial charge >= 0.3 is 6.18 Å². The molecule has 2 atom stereocenters. The van der Waals surface area contributed by atoms with Gasteiger partial charge < -0.3 is 5.32 Å². The summed E-state index contributed by atoms with van der Waals surface area (Å²) in [6.45, 7) is 1.63. The molecule has 6 nitrogen and oxygen atoms in total. The zero-order valence-electron chi connectivity index (χ0n) is 13.1. The number of halogens is 3. The average molecular weight is 341 g/mol. The molecule has 0 saturated carbocycles. The number of carbonyl (C=O) groups excluding carboxylic acids is 1. The van der Waals surface area contributed by atoms with Gasteiger partial charge in [-0.3, -0.25) is 19.1 Å². The first-order valence-electron chi connectivity index (χ1n) is 7.68. The number of hydrogen-bond acceptors (Lipinski definition) is 4. The Morgan fingerprint density at radius 2 is 2.17 bits per heavy atom. The Morgan fingerprint density at radius 3 is 2.88 bits per heavy atom. The van der Waals surface area contributed by atoms with Crippen LogP contribution in [0.2, 0.25) is 0 Å². The monoisotopic (exact) mass is 341 g/mol. The summed E-state index contributed by atoms with van der Waals surface area (Å²) in [6, 6.07) is -1.79. The maximum Gasteiger partial charge on any atom is 0.404 e. The molecule has 2 unspecified atom stereocenters. The van der Waals surface area contributed by atoms with Crippen LogP contribution in [-0.4, -0.2) is 50.0 Å². The molecule has 9 heteroatoms. The summed E-state index contributed by atoms with van der Waals surface area (Å²) in [5.41, 5.74) is 1.25. The van der Waals surface area contributed by atoms with Crippen LogP contribution in [0, 0.1) is 0 Å². The van der Waals surface area contributed by atoms with E-state index in [0.717, 1.165) is 0 Å². The minimum atomic E-state index is -4.30. The Bertz CT molecular complexity index is 729. The van der Waals surface area contributed by atoms with Crippen molar-refractivity contribution in [1.29, 1.82) is 0 Å². The van der Waals surface area contributed by atoms with Crippen molar-refractivity contribution in [2.75, 3.05) is 6.54 Å². The van der Waals surface area contributed by atoms with Crippen LogP contribution in [0.4, 0.5) is 13.2 Å². The number of nitrogens with zero attached hydrogens (tertiary/aromatic N) is 4. The maximum absolute atomic E-state index is 13.4. The van der Waals surface area contributed by atoms with E-state index in [0.29, 0.717) is 17.8 Å². The standard InChI is InChI=1S/C15H18F3N5O/c1-10(24)21-11-2-3-13(15(16,17)18)22(8-11)9-12-6-20-14-7-19-4-5-23(12)14/h4-7,11,13H,2-3,8-9H2,1H3,(H,21,24). The predicted octanol–water partition coefficient (Wildman–Crippen LogP) is 1.76. The number of fused-ring (bicyclic) bond motifs is 1. The molecule has 0 bridgehead atoms. The second-order valence-corrected chi connectivity index (χ2v) is 6.02. The zero-order valence-corrected chi connectivity index (χ0v) is 13.1. The first-order valence-corrected chi connectivity index (χ1v) is 7.68. The van der Waals surface area contributed by atoms with Gasteiger partial charge in [-0.25, -0.2) is 4.98 Å². The molecule has 130 valence electrons. The van der Waals surface area contributed by atoms with E-state index < -0.39 is 12.2 Å². The first-order chi connectivity index (χ1) is 11.3. The van der Waals surface area contributed by atoms with E-state index in [1.807, 2.05) is 0 Å². The minimum Gasteiger partial charge on any atom is -0.352 e. The van der Waals surface area contributed by atoms with Crippen molar-refractivity contribution in [3.05, 3.63) is 30.5 Å². The number of piperidine rings is 1. The lowest BCUT2D eigenvalue weighted by molar-refractivity contribution is -0.194. The average Bonchev–Trinajstić information content (AvgIpc) is 2.89. The van der Waals surface area contributed by atoms with E-state index in [1.165, 1.54) is 11.8 Å². The van der Waals surface area contributed by atoms with Crippen molar-refractivity contribution in [1.82, 2.24) is 24.6 Å². The molecule has 1 aliphatic rings. The number of likely N-dealkylation sites (tertiary alicyclic amines) is 1. The summed E-state index contributed by atoms with van der Waals surface area (Å²) in [6.07, 6.45) is 2.34. The Kier molecular flexibility index (Phi) is 4.44. The summed E-state index contributed by atoms with van der Waals surface area (Å²) in [4.78, 5) is 20.7. The van der Waals surface area contributed by atoms with Gasteiger partial charge in [0.05, 0.1) is 18.1 Å². The number of imidazole rings is 1. The van der Waals surface area contributed by atoms with Crippen LogP contribution in [0.15, 0.2) is 24.8 Å². The van der Waals surface area contributed by atoms with Crippen LogP contribution >= 0.6 is 0 Å². The topological polar surface area (TPSA) is 62.5 Å². The molecule has 1 N–H and O–H groups in total. The second kappa shape index (κ2) is 6.39. The van der Waals surface area contributed by atoms with Crippen molar-refractivity contribution in [3.8, 4) is 0 Å². The summed E-state index contributed by atoms with van der Waals surface area (Å²) in [7, 11) is 0. The van der Waals surface area contributed by atoms with E-state index in [4.69, 9.17) is 0 Å². The zero-order chi connectivity index (χ0) is 17.3. The summed E-state index contributed by atoms with van der Waals surface area (Å²) >= 11 is 0. The molecular formula is C15H18F3N5O. The van der Waals surface area contributed by atoms with Gasteiger partial charge in [0.1, 0.15) is 6.04 Å². The van der Waals surface area contributed by atoms with Crippen molar-refractivity contribution < 1.29 is 18.0 Å². The Balaban J connectivity index is 1.83. The molecule has 0 aliphatic carbocycles. The van der Waals surface area contributed by atoms with Crippen LogP contribution in [-0.2, 0) is 11.3 Å². The summed E-state index contributed by atoms with van der Waals surface area (Å²) in [5.74, 6) is -0.230. The molecule has 1 amide bonds. The van der Waals surface area contributed by atoms with Gasteiger partial charge in [0.2, 0.25) is 5.91 Å². The Hall–Kier alpha value is -2.16. The molecule has 1 aliphatic heterocycles. The van der Waals surface area contributed by atoms with Crippen molar-refractivity contribution in [2.45, 2.75) is 44.6 Å². The number of amides is 1. The van der Waals surface area contributed by atoms with E-state index >= 15 is 0 Å². The maximum atomic E-state index is 13.4. The van der Waals surface area contributed by atoms with Gasteiger partial charge in [0, 0.05) is 38.4 Å². The van der Waals surface area contributed by atoms with Crippen LogP contribution in [0.25, 0.3) is 5.65 Å². The molecule has 3 heterocycles. The highest BCUT2D eigenvalue weighted by Gasteiger charge is 2.46. The number of carbonyl (C=O) groups is 1. The molecule has 24 heavy (non-hydrogen) atoms. The fourth-order valence-corrected chi connectivity index (χ4v) is 3.21. The third-order valence-corrected chi connectivity index (χ3v) is 4.23. The fourth-order valence-electron chi connectivity index (χ4n) is 3.21. The summed E-state index contributed by atoms with van der Waals surface area (Å²) in [5, 5.41) is 2.72. The first kappa shape index (κ1) is 16.7. The van der Waals surface area contributed by atoms with Crippen molar-refractivity contribution in [3.63, 3.8) is 0 Å². The van der Waals surface area contributed by atoms with Crippen LogP contribution in [0.3, 0.4) is 0 Å². The number of hydrogen-bond donors (Lipinski definition) is 1. The van der Waals surface area contributed by atoms with Gasteiger partial charge in [-0.15, -0.1) is 0 Å². The molecular weight excluding hydrogens is 323 g/mol. The van der Waals surface area contributed by atoms with Gasteiger partial charge in [0.25, 0.3) is 0 Å². The van der Waals surface area contributed by atoms with Crippen molar-refractivity contribution in [2.24, 2.45) is 0 Å². The predicted molar refractivity (Wildman–Crippen MR) is 80.1 cm³/mol. The molecule has 0 radical (unpaired) electrons. The largest absolute Gasteiger partial charge is 0.404 e. The summed E-state index contributed by atoms with van der Waals surface area (Å²) < 4.78 is 41.8. The van der Waals surface area contributed by atoms with Crippen LogP contribution in [0.1, 0.15) is 25.5 Å². The molecule has 0 aromatic carbocycles. The third-order valence-electron chi connectivity index (χ3n) is 4.23. The quantitative estimate of drug-likeness (QED) is 0.924. The number of alkyl halides is 3. The third kappa shape index (κ3) is 3.50. The van der Waals surface area contributed by atoms with Gasteiger partial charge in [-0.1, -0.05) is 0 Å². The molecule has 0 spiro atoms. The van der Waals surface area contributed by atoms with E-state index in [2.05, 4.69) is 15.3 Å². The van der Waals surface area contributed by atoms with Crippen LogP contribution in [0.5, 0.6) is 0 Å². The van der Waals surface area contributed by atoms with E-state index in [-0.39, 0.29) is 31.5 Å². The second-order valence-electron chi connectivity index (χ2n) is 6.02. The Morgan fingerprint density at radius 1 is 1.38 bits per heavy atom. The van der Waals surface area contributed by atoms with Gasteiger partial charge in [-0.2, -0.15) is 13.2 Å². The molecule has 1 saturated heterocycles.